The molecule has 0 bridgehead atoms. The van der Waals surface area contributed by atoms with Gasteiger partial charge in [0.1, 0.15) is 5.75 Å². The molecule has 0 saturated heterocycles. The molecule has 0 N–H and O–H groups in total. The van der Waals surface area contributed by atoms with Gasteiger partial charge in [0.2, 0.25) is 0 Å². The average molecular weight is 315 g/mol. The number of nitrogens with zero attached hydrogens (tertiary/aromatic N) is 1. The second kappa shape index (κ2) is 6.62. The van der Waals surface area contributed by atoms with Crippen LogP contribution in [0, 0.1) is 0 Å². The van der Waals surface area contributed by atoms with Crippen LogP contribution in [0.3, 0.4) is 0 Å². The Balaban J connectivity index is 0.00000144. The van der Waals surface area contributed by atoms with E-state index in [9.17, 15) is 0 Å². The van der Waals surface area contributed by atoms with E-state index in [1.54, 1.807) is 7.11 Å². The first kappa shape index (κ1) is 14.0. The van der Waals surface area contributed by atoms with Crippen LogP contribution in [0.1, 0.15) is 5.56 Å². The van der Waals surface area contributed by atoms with Crippen LogP contribution in [-0.2, 0) is 6.54 Å². The van der Waals surface area contributed by atoms with Crippen molar-refractivity contribution in [2.45, 2.75) is 6.54 Å². The smallest absolute Gasteiger partial charge is 0.173 e. The summed E-state index contributed by atoms with van der Waals surface area (Å²) in [5, 5.41) is 0.756. The van der Waals surface area contributed by atoms with Crippen molar-refractivity contribution >= 4 is 11.6 Å². The minimum absolute atomic E-state index is 0. The third-order valence-electron chi connectivity index (χ3n) is 2.37. The molecule has 0 saturated carbocycles. The highest BCUT2D eigenvalue weighted by Crippen LogP contribution is 2.11. The molecular formula is C13H13BrClNO. The molecule has 2 nitrogen and oxygen atoms in total. The Morgan fingerprint density at radius 3 is 2.18 bits per heavy atom. The van der Waals surface area contributed by atoms with Gasteiger partial charge in [-0.05, 0) is 24.3 Å². The van der Waals surface area contributed by atoms with Gasteiger partial charge < -0.3 is 21.7 Å². The molecule has 1 aromatic carbocycles. The summed E-state index contributed by atoms with van der Waals surface area (Å²) in [6.07, 6.45) is 3.93. The van der Waals surface area contributed by atoms with Gasteiger partial charge in [-0.15, -0.1) is 0 Å². The Hall–Kier alpha value is -1.06. The highest BCUT2D eigenvalue weighted by molar-refractivity contribution is 6.30. The van der Waals surface area contributed by atoms with Gasteiger partial charge in [-0.25, -0.2) is 4.57 Å². The van der Waals surface area contributed by atoms with E-state index in [1.807, 2.05) is 36.7 Å². The Bertz CT molecular complexity index is 456. The third kappa shape index (κ3) is 4.02. The largest absolute Gasteiger partial charge is 1.00 e. The van der Waals surface area contributed by atoms with Crippen LogP contribution in [0.5, 0.6) is 5.75 Å². The van der Waals surface area contributed by atoms with Crippen LogP contribution in [0.25, 0.3) is 0 Å². The third-order valence-corrected chi connectivity index (χ3v) is 2.63. The quantitative estimate of drug-likeness (QED) is 0.709. The summed E-state index contributed by atoms with van der Waals surface area (Å²) in [7, 11) is 1.67. The van der Waals surface area contributed by atoms with Crippen molar-refractivity contribution in [3.05, 3.63) is 59.4 Å². The van der Waals surface area contributed by atoms with E-state index in [1.165, 1.54) is 5.56 Å². The summed E-state index contributed by atoms with van der Waals surface area (Å²) >= 11 is 5.82. The maximum absolute atomic E-state index is 5.82. The molecule has 0 aliphatic carbocycles. The number of benzene rings is 1. The van der Waals surface area contributed by atoms with Gasteiger partial charge in [0.15, 0.2) is 18.9 Å². The standard InChI is InChI=1S/C13H13ClNO.BrH/c1-16-13-4-2-11(3-5-13)10-15-8-6-12(14)7-9-15;/h2-9H,10H2,1H3;1H/q+1;/p-1. The summed E-state index contributed by atoms with van der Waals surface area (Å²) < 4.78 is 7.19. The lowest BCUT2D eigenvalue weighted by Gasteiger charge is -2.00. The number of ether oxygens (including phenoxy) is 1. The molecule has 0 amide bonds. The molecule has 0 unspecified atom stereocenters. The predicted octanol–water partition coefficient (Wildman–Crippen LogP) is -0.312. The van der Waals surface area contributed by atoms with Crippen LogP contribution in [-0.4, -0.2) is 7.11 Å². The van der Waals surface area contributed by atoms with Crippen LogP contribution in [0.2, 0.25) is 5.02 Å². The number of rotatable bonds is 3. The van der Waals surface area contributed by atoms with Gasteiger partial charge in [0.25, 0.3) is 0 Å². The van der Waals surface area contributed by atoms with Crippen molar-refractivity contribution in [3.63, 3.8) is 0 Å². The summed E-state index contributed by atoms with van der Waals surface area (Å²) in [6.45, 7) is 0.834. The number of halogens is 2. The summed E-state index contributed by atoms with van der Waals surface area (Å²) in [5.41, 5.74) is 1.23. The Morgan fingerprint density at radius 2 is 1.65 bits per heavy atom. The average Bonchev–Trinajstić information content (AvgIpc) is 2.33. The molecule has 0 atom stereocenters. The van der Waals surface area contributed by atoms with Gasteiger partial charge in [0.05, 0.1) is 12.1 Å². The highest BCUT2D eigenvalue weighted by Gasteiger charge is 2.02. The zero-order valence-corrected chi connectivity index (χ0v) is 11.8. The highest BCUT2D eigenvalue weighted by atomic mass is 79.9. The van der Waals surface area contributed by atoms with Crippen molar-refractivity contribution in [2.75, 3.05) is 7.11 Å². The van der Waals surface area contributed by atoms with E-state index in [2.05, 4.69) is 16.7 Å². The van der Waals surface area contributed by atoms with E-state index in [0.717, 1.165) is 17.3 Å². The molecule has 4 heteroatoms. The van der Waals surface area contributed by atoms with E-state index in [-0.39, 0.29) is 17.0 Å². The van der Waals surface area contributed by atoms with Crippen molar-refractivity contribution in [1.82, 2.24) is 0 Å². The topological polar surface area (TPSA) is 13.1 Å². The zero-order valence-electron chi connectivity index (χ0n) is 9.44. The van der Waals surface area contributed by atoms with E-state index in [4.69, 9.17) is 16.3 Å². The van der Waals surface area contributed by atoms with Crippen LogP contribution in [0.15, 0.2) is 48.8 Å². The molecule has 2 rings (SSSR count). The fourth-order valence-electron chi connectivity index (χ4n) is 1.49. The van der Waals surface area contributed by atoms with Gasteiger partial charge >= 0.3 is 0 Å². The van der Waals surface area contributed by atoms with Gasteiger partial charge in [-0.3, -0.25) is 0 Å². The molecule has 1 heterocycles. The van der Waals surface area contributed by atoms with Gasteiger partial charge in [-0.2, -0.15) is 0 Å². The first-order chi connectivity index (χ1) is 7.78. The first-order valence-electron chi connectivity index (χ1n) is 5.05. The van der Waals surface area contributed by atoms with Gasteiger partial charge in [-0.1, -0.05) is 11.6 Å². The molecule has 0 fully saturated rings. The van der Waals surface area contributed by atoms with Crippen molar-refractivity contribution < 1.29 is 26.3 Å². The molecule has 0 spiro atoms. The Kier molecular flexibility index (Phi) is 5.45. The van der Waals surface area contributed by atoms with Crippen LogP contribution >= 0.6 is 11.6 Å². The van der Waals surface area contributed by atoms with E-state index >= 15 is 0 Å². The molecular weight excluding hydrogens is 302 g/mol. The summed E-state index contributed by atoms with van der Waals surface area (Å²) in [6, 6.07) is 11.8. The van der Waals surface area contributed by atoms with E-state index in [0.29, 0.717) is 0 Å². The Labute approximate surface area is 117 Å². The summed E-state index contributed by atoms with van der Waals surface area (Å²) in [4.78, 5) is 0. The predicted molar refractivity (Wildman–Crippen MR) is 63.7 cm³/mol. The SMILES string of the molecule is COc1ccc(C[n+]2ccc(Cl)cc2)cc1.[Br-]. The van der Waals surface area contributed by atoms with Crippen molar-refractivity contribution in [2.24, 2.45) is 0 Å². The maximum atomic E-state index is 5.82. The van der Waals surface area contributed by atoms with Crippen LogP contribution < -0.4 is 26.3 Å². The molecule has 0 aliphatic heterocycles. The lowest BCUT2D eigenvalue weighted by Crippen LogP contribution is -3.00. The lowest BCUT2D eigenvalue weighted by atomic mass is 10.2. The molecule has 90 valence electrons. The van der Waals surface area contributed by atoms with Crippen molar-refractivity contribution in [3.8, 4) is 5.75 Å². The Morgan fingerprint density at radius 1 is 1.06 bits per heavy atom. The lowest BCUT2D eigenvalue weighted by molar-refractivity contribution is -0.688. The van der Waals surface area contributed by atoms with Crippen molar-refractivity contribution in [1.29, 1.82) is 0 Å². The molecule has 0 aliphatic rings. The second-order valence-electron chi connectivity index (χ2n) is 3.54. The summed E-state index contributed by atoms with van der Waals surface area (Å²) in [5.74, 6) is 0.879. The number of hydrogen-bond donors (Lipinski definition) is 0. The monoisotopic (exact) mass is 313 g/mol. The zero-order chi connectivity index (χ0) is 11.4. The van der Waals surface area contributed by atoms with Gasteiger partial charge in [0, 0.05) is 17.7 Å². The van der Waals surface area contributed by atoms with E-state index < -0.39 is 0 Å². The number of methoxy groups -OCH3 is 1. The fourth-order valence-corrected chi connectivity index (χ4v) is 1.60. The maximum Gasteiger partial charge on any atom is 0.173 e. The molecule has 1 aromatic heterocycles. The molecule has 2 aromatic rings. The fraction of sp³-hybridized carbons (Fsp3) is 0.154. The minimum atomic E-state index is 0. The second-order valence-corrected chi connectivity index (χ2v) is 3.97. The number of pyridine rings is 1. The molecule has 17 heavy (non-hydrogen) atoms. The normalized spacial score (nSPS) is 9.53. The van der Waals surface area contributed by atoms with Crippen LogP contribution in [0.4, 0.5) is 0 Å². The number of hydrogen-bond acceptors (Lipinski definition) is 1. The minimum Gasteiger partial charge on any atom is -1.00 e. The first-order valence-corrected chi connectivity index (χ1v) is 5.43. The molecule has 0 radical (unpaired) electrons. The number of aromatic nitrogens is 1.